The first-order chi connectivity index (χ1) is 9.99. The molecule has 0 atom stereocenters. The fourth-order valence-corrected chi connectivity index (χ4v) is 2.10. The zero-order valence-electron chi connectivity index (χ0n) is 13.7. The lowest BCUT2D eigenvalue weighted by atomic mass is 10.0. The summed E-state index contributed by atoms with van der Waals surface area (Å²) in [6, 6.07) is 2.31. The predicted molar refractivity (Wildman–Crippen MR) is 97.5 cm³/mol. The zero-order chi connectivity index (χ0) is 16.1. The first-order valence-corrected chi connectivity index (χ1v) is 8.72. The number of alkyl halides is 1. The van der Waals surface area contributed by atoms with Crippen molar-refractivity contribution < 1.29 is 0 Å². The number of hydrogen-bond acceptors (Lipinski definition) is 1. The molecule has 0 unspecified atom stereocenters. The first kappa shape index (κ1) is 19.9. The minimum atomic E-state index is 0.846. The van der Waals surface area contributed by atoms with Gasteiger partial charge in [0.25, 0.3) is 0 Å². The van der Waals surface area contributed by atoms with Crippen LogP contribution in [0.1, 0.15) is 59.3 Å². The topological polar surface area (TPSA) is 23.8 Å². The molecular weight excluding hydrogens is 322 g/mol. The molecule has 0 aromatic rings. The summed E-state index contributed by atoms with van der Waals surface area (Å²) in [4.78, 5) is 0. The van der Waals surface area contributed by atoms with Gasteiger partial charge in [-0.15, -0.1) is 6.58 Å². The SMILES string of the molecule is C=C(C)CC/C=C(\C)CC/C=C(\C#N)CC/C=C(\C)CBr. The van der Waals surface area contributed by atoms with Crippen molar-refractivity contribution in [2.75, 3.05) is 5.33 Å². The van der Waals surface area contributed by atoms with Crippen molar-refractivity contribution in [1.82, 2.24) is 0 Å². The summed E-state index contributed by atoms with van der Waals surface area (Å²) in [6.07, 6.45) is 12.5. The van der Waals surface area contributed by atoms with E-state index in [-0.39, 0.29) is 0 Å². The molecule has 0 saturated heterocycles. The van der Waals surface area contributed by atoms with Crippen molar-refractivity contribution in [3.05, 3.63) is 47.1 Å². The Hall–Kier alpha value is -1.07. The third kappa shape index (κ3) is 12.4. The van der Waals surface area contributed by atoms with Crippen LogP contribution in [-0.2, 0) is 0 Å². The average molecular weight is 350 g/mol. The lowest BCUT2D eigenvalue weighted by molar-refractivity contribution is 0.911. The maximum absolute atomic E-state index is 9.14. The molecule has 0 aliphatic carbocycles. The predicted octanol–water partition coefficient (Wildman–Crippen LogP) is 6.64. The monoisotopic (exact) mass is 349 g/mol. The second-order valence-electron chi connectivity index (χ2n) is 5.65. The number of allylic oxidation sites excluding steroid dienone is 7. The van der Waals surface area contributed by atoms with Crippen LogP contribution in [0.4, 0.5) is 0 Å². The molecule has 0 aromatic heterocycles. The van der Waals surface area contributed by atoms with E-state index in [0.717, 1.165) is 49.4 Å². The van der Waals surface area contributed by atoms with Crippen LogP contribution in [-0.4, -0.2) is 5.33 Å². The smallest absolute Gasteiger partial charge is 0.0943 e. The van der Waals surface area contributed by atoms with Gasteiger partial charge in [-0.05, 0) is 59.3 Å². The summed E-state index contributed by atoms with van der Waals surface area (Å²) in [5.41, 5.74) is 4.87. The van der Waals surface area contributed by atoms with Crippen LogP contribution in [0.3, 0.4) is 0 Å². The Morgan fingerprint density at radius 3 is 2.10 bits per heavy atom. The molecule has 0 aliphatic rings. The fourth-order valence-electron chi connectivity index (χ4n) is 1.87. The molecule has 116 valence electrons. The first-order valence-electron chi connectivity index (χ1n) is 7.60. The molecule has 2 heteroatoms. The van der Waals surface area contributed by atoms with Crippen LogP contribution >= 0.6 is 15.9 Å². The highest BCUT2D eigenvalue weighted by atomic mass is 79.9. The van der Waals surface area contributed by atoms with Crippen LogP contribution in [0, 0.1) is 11.3 Å². The Labute approximate surface area is 139 Å². The molecule has 0 heterocycles. The minimum absolute atomic E-state index is 0.846. The van der Waals surface area contributed by atoms with E-state index in [1.54, 1.807) is 0 Å². The van der Waals surface area contributed by atoms with Gasteiger partial charge >= 0.3 is 0 Å². The second kappa shape index (κ2) is 12.7. The number of nitriles is 1. The molecule has 0 N–H and O–H groups in total. The zero-order valence-corrected chi connectivity index (χ0v) is 15.3. The summed E-state index contributed by atoms with van der Waals surface area (Å²) in [5.74, 6) is 0. The molecule has 0 bridgehead atoms. The maximum Gasteiger partial charge on any atom is 0.0943 e. The summed E-state index contributed by atoms with van der Waals surface area (Å²) in [7, 11) is 0. The van der Waals surface area contributed by atoms with E-state index in [9.17, 15) is 0 Å². The van der Waals surface area contributed by atoms with Crippen LogP contribution in [0.25, 0.3) is 0 Å². The van der Waals surface area contributed by atoms with Gasteiger partial charge in [-0.3, -0.25) is 0 Å². The summed E-state index contributed by atoms with van der Waals surface area (Å²) >= 11 is 3.43. The van der Waals surface area contributed by atoms with Gasteiger partial charge < -0.3 is 0 Å². The van der Waals surface area contributed by atoms with Gasteiger partial charge in [-0.25, -0.2) is 0 Å². The van der Waals surface area contributed by atoms with E-state index in [1.807, 2.05) is 0 Å². The van der Waals surface area contributed by atoms with Gasteiger partial charge in [0.1, 0.15) is 0 Å². The molecule has 0 spiro atoms. The highest BCUT2D eigenvalue weighted by Crippen LogP contribution is 2.13. The third-order valence-corrected chi connectivity index (χ3v) is 4.14. The molecule has 0 aromatic carbocycles. The summed E-state index contributed by atoms with van der Waals surface area (Å²) in [5, 5.41) is 10.1. The highest BCUT2D eigenvalue weighted by molar-refractivity contribution is 9.09. The molecule has 0 rings (SSSR count). The van der Waals surface area contributed by atoms with E-state index in [4.69, 9.17) is 5.26 Å². The van der Waals surface area contributed by atoms with E-state index in [1.165, 1.54) is 16.7 Å². The lowest BCUT2D eigenvalue weighted by Crippen LogP contribution is -1.83. The van der Waals surface area contributed by atoms with Gasteiger partial charge in [0.15, 0.2) is 0 Å². The number of nitrogens with zero attached hydrogens (tertiary/aromatic N) is 1. The van der Waals surface area contributed by atoms with Gasteiger partial charge in [-0.1, -0.05) is 50.9 Å². The van der Waals surface area contributed by atoms with Crippen molar-refractivity contribution in [2.24, 2.45) is 0 Å². The van der Waals surface area contributed by atoms with E-state index in [0.29, 0.717) is 0 Å². The molecule has 21 heavy (non-hydrogen) atoms. The van der Waals surface area contributed by atoms with E-state index < -0.39 is 0 Å². The Morgan fingerprint density at radius 1 is 0.952 bits per heavy atom. The van der Waals surface area contributed by atoms with Crippen LogP contribution < -0.4 is 0 Å². The third-order valence-electron chi connectivity index (χ3n) is 3.25. The quantitative estimate of drug-likeness (QED) is 0.246. The van der Waals surface area contributed by atoms with Crippen molar-refractivity contribution in [3.63, 3.8) is 0 Å². The molecule has 0 saturated carbocycles. The summed E-state index contributed by atoms with van der Waals surface area (Å²) < 4.78 is 0. The van der Waals surface area contributed by atoms with Gasteiger partial charge in [0.2, 0.25) is 0 Å². The van der Waals surface area contributed by atoms with Gasteiger partial charge in [0.05, 0.1) is 6.07 Å². The van der Waals surface area contributed by atoms with Crippen LogP contribution in [0.5, 0.6) is 0 Å². The minimum Gasteiger partial charge on any atom is -0.193 e. The molecule has 0 amide bonds. The van der Waals surface area contributed by atoms with Crippen LogP contribution in [0.15, 0.2) is 47.1 Å². The number of rotatable bonds is 10. The molecular formula is C19H28BrN. The van der Waals surface area contributed by atoms with Crippen molar-refractivity contribution in [2.45, 2.75) is 59.3 Å². The molecule has 0 aliphatic heterocycles. The fraction of sp³-hybridized carbons (Fsp3) is 0.526. The Balaban J connectivity index is 4.13. The van der Waals surface area contributed by atoms with Crippen molar-refractivity contribution in [3.8, 4) is 6.07 Å². The average Bonchev–Trinajstić information content (AvgIpc) is 2.44. The maximum atomic E-state index is 9.14. The highest BCUT2D eigenvalue weighted by Gasteiger charge is 1.96. The largest absolute Gasteiger partial charge is 0.193 e. The molecule has 1 nitrogen and oxygen atoms in total. The van der Waals surface area contributed by atoms with E-state index in [2.05, 4.69) is 67.6 Å². The van der Waals surface area contributed by atoms with Gasteiger partial charge in [-0.2, -0.15) is 5.26 Å². The van der Waals surface area contributed by atoms with E-state index >= 15 is 0 Å². The van der Waals surface area contributed by atoms with Gasteiger partial charge in [0, 0.05) is 10.9 Å². The lowest BCUT2D eigenvalue weighted by Gasteiger charge is -2.01. The second-order valence-corrected chi connectivity index (χ2v) is 6.21. The Morgan fingerprint density at radius 2 is 1.52 bits per heavy atom. The van der Waals surface area contributed by atoms with Crippen molar-refractivity contribution >= 4 is 15.9 Å². The Kier molecular flexibility index (Phi) is 12.0. The standard InChI is InChI=1S/C19H28BrN/c1-16(2)8-5-9-17(3)10-6-12-19(15-21)13-7-11-18(4)14-20/h9,11-12H,1,5-8,10,13-14H2,2-4H3/b17-9+,18-11+,19-12-. The number of halogens is 1. The van der Waals surface area contributed by atoms with Crippen molar-refractivity contribution in [1.29, 1.82) is 5.26 Å². The Bertz CT molecular complexity index is 447. The summed E-state index contributed by atoms with van der Waals surface area (Å²) in [6.45, 7) is 10.2. The molecule has 0 radical (unpaired) electrons. The van der Waals surface area contributed by atoms with Crippen LogP contribution in [0.2, 0.25) is 0 Å². The normalized spacial score (nSPS) is 13.2. The number of hydrogen-bond donors (Lipinski definition) is 0. The molecule has 0 fully saturated rings.